The van der Waals surface area contributed by atoms with Crippen LogP contribution in [0.15, 0.2) is 0 Å². The summed E-state index contributed by atoms with van der Waals surface area (Å²) in [5.41, 5.74) is 5.70. The van der Waals surface area contributed by atoms with E-state index >= 15 is 0 Å². The third-order valence-electron chi connectivity index (χ3n) is 3.78. The first-order chi connectivity index (χ1) is 9.43. The predicted molar refractivity (Wildman–Crippen MR) is 80.0 cm³/mol. The van der Waals surface area contributed by atoms with E-state index in [2.05, 4.69) is 19.2 Å². The number of hydrogen-bond donors (Lipinski definition) is 2. The Hall–Kier alpha value is -1.10. The largest absolute Gasteiger partial charge is 0.345 e. The van der Waals surface area contributed by atoms with Gasteiger partial charge in [0.15, 0.2) is 0 Å². The van der Waals surface area contributed by atoms with Crippen LogP contribution in [0.25, 0.3) is 0 Å². The molecule has 1 fully saturated rings. The van der Waals surface area contributed by atoms with Crippen molar-refractivity contribution in [1.82, 2.24) is 10.2 Å². The van der Waals surface area contributed by atoms with E-state index in [0.29, 0.717) is 18.9 Å². The lowest BCUT2D eigenvalue weighted by Crippen LogP contribution is -2.46. The van der Waals surface area contributed by atoms with E-state index in [0.717, 1.165) is 32.4 Å². The van der Waals surface area contributed by atoms with Crippen LogP contribution in [0, 0.1) is 11.8 Å². The van der Waals surface area contributed by atoms with E-state index in [-0.39, 0.29) is 17.7 Å². The molecule has 2 amide bonds. The van der Waals surface area contributed by atoms with Crippen molar-refractivity contribution in [3.8, 4) is 0 Å². The van der Waals surface area contributed by atoms with Crippen LogP contribution in [-0.2, 0) is 9.59 Å². The van der Waals surface area contributed by atoms with Crippen LogP contribution in [0.1, 0.15) is 46.5 Å². The van der Waals surface area contributed by atoms with Crippen molar-refractivity contribution in [2.75, 3.05) is 19.6 Å². The molecule has 0 aromatic rings. The van der Waals surface area contributed by atoms with Gasteiger partial charge in [-0.1, -0.05) is 13.8 Å². The number of rotatable bonds is 7. The molecule has 1 aliphatic heterocycles. The molecule has 1 heterocycles. The van der Waals surface area contributed by atoms with Crippen LogP contribution in [0.4, 0.5) is 0 Å². The maximum Gasteiger partial charge on any atom is 0.244 e. The highest BCUT2D eigenvalue weighted by Crippen LogP contribution is 2.14. The lowest BCUT2D eigenvalue weighted by atomic mass is 9.94. The molecule has 0 saturated carbocycles. The Morgan fingerprint density at radius 1 is 1.20 bits per heavy atom. The Kier molecular flexibility index (Phi) is 6.99. The summed E-state index contributed by atoms with van der Waals surface area (Å²) in [4.78, 5) is 25.9. The van der Waals surface area contributed by atoms with E-state index in [1.54, 1.807) is 6.92 Å². The first-order valence-corrected chi connectivity index (χ1v) is 7.72. The van der Waals surface area contributed by atoms with Gasteiger partial charge in [-0.2, -0.15) is 0 Å². The molecule has 0 aliphatic carbocycles. The third-order valence-corrected chi connectivity index (χ3v) is 3.78. The highest BCUT2D eigenvalue weighted by Gasteiger charge is 2.25. The van der Waals surface area contributed by atoms with Gasteiger partial charge in [-0.15, -0.1) is 0 Å². The van der Waals surface area contributed by atoms with Gasteiger partial charge in [0.25, 0.3) is 0 Å². The van der Waals surface area contributed by atoms with Gasteiger partial charge in [0.1, 0.15) is 6.04 Å². The second-order valence-corrected chi connectivity index (χ2v) is 6.26. The number of hydrogen-bond acceptors (Lipinski definition) is 3. The van der Waals surface area contributed by atoms with E-state index in [9.17, 15) is 9.59 Å². The molecule has 0 spiro atoms. The Labute approximate surface area is 122 Å². The second kappa shape index (κ2) is 8.25. The lowest BCUT2D eigenvalue weighted by molar-refractivity contribution is -0.135. The van der Waals surface area contributed by atoms with Crippen LogP contribution >= 0.6 is 0 Å². The molecule has 1 aliphatic rings. The van der Waals surface area contributed by atoms with Gasteiger partial charge in [-0.25, -0.2) is 0 Å². The molecule has 2 atom stereocenters. The fourth-order valence-electron chi connectivity index (χ4n) is 2.77. The van der Waals surface area contributed by atoms with Crippen LogP contribution in [0.5, 0.6) is 0 Å². The molecule has 20 heavy (non-hydrogen) atoms. The van der Waals surface area contributed by atoms with Crippen molar-refractivity contribution in [1.29, 1.82) is 0 Å². The van der Waals surface area contributed by atoms with Gasteiger partial charge < -0.3 is 16.0 Å². The molecule has 1 saturated heterocycles. The van der Waals surface area contributed by atoms with Crippen LogP contribution in [-0.4, -0.2) is 42.4 Å². The van der Waals surface area contributed by atoms with Gasteiger partial charge >= 0.3 is 0 Å². The molecule has 0 bridgehead atoms. The smallest absolute Gasteiger partial charge is 0.244 e. The third kappa shape index (κ3) is 5.49. The molecular formula is C15H29N3O2. The number of amides is 2. The van der Waals surface area contributed by atoms with E-state index in [1.807, 2.05) is 4.90 Å². The zero-order chi connectivity index (χ0) is 15.1. The molecule has 1 rings (SSSR count). The van der Waals surface area contributed by atoms with E-state index < -0.39 is 6.04 Å². The Bertz CT molecular complexity index is 325. The monoisotopic (exact) mass is 283 g/mol. The number of nitrogens with zero attached hydrogens (tertiary/aromatic N) is 1. The molecule has 116 valence electrons. The lowest BCUT2D eigenvalue weighted by Gasteiger charge is -2.22. The van der Waals surface area contributed by atoms with Gasteiger partial charge in [0, 0.05) is 19.5 Å². The number of nitrogens with two attached hydrogens (primary N) is 1. The average molecular weight is 283 g/mol. The Morgan fingerprint density at radius 3 is 2.30 bits per heavy atom. The molecular weight excluding hydrogens is 254 g/mol. The van der Waals surface area contributed by atoms with Crippen molar-refractivity contribution in [3.63, 3.8) is 0 Å². The van der Waals surface area contributed by atoms with E-state index in [1.165, 1.54) is 0 Å². The minimum absolute atomic E-state index is 0.0315. The zero-order valence-corrected chi connectivity index (χ0v) is 13.0. The molecule has 1 unspecified atom stereocenters. The fourth-order valence-corrected chi connectivity index (χ4v) is 2.77. The van der Waals surface area contributed by atoms with Crippen LogP contribution in [0.2, 0.25) is 0 Å². The van der Waals surface area contributed by atoms with Crippen molar-refractivity contribution in [2.45, 2.75) is 52.5 Å². The SMILES string of the molecule is CC(C)C[C@H](CN)CC(=O)NC(C)C(=O)N1CCCC1. The quantitative estimate of drug-likeness (QED) is 0.735. The second-order valence-electron chi connectivity index (χ2n) is 6.26. The normalized spacial score (nSPS) is 18.1. The predicted octanol–water partition coefficient (Wildman–Crippen LogP) is 1.12. The van der Waals surface area contributed by atoms with Crippen molar-refractivity contribution < 1.29 is 9.59 Å². The maximum absolute atomic E-state index is 12.1. The summed E-state index contributed by atoms with van der Waals surface area (Å²) >= 11 is 0. The standard InChI is InChI=1S/C15H29N3O2/c1-11(2)8-13(10-16)9-14(19)17-12(3)15(20)18-6-4-5-7-18/h11-13H,4-10,16H2,1-3H3,(H,17,19)/t12?,13-/m0/s1. The summed E-state index contributed by atoms with van der Waals surface area (Å²) in [6.45, 7) is 8.16. The van der Waals surface area contributed by atoms with Crippen molar-refractivity contribution >= 4 is 11.8 Å². The van der Waals surface area contributed by atoms with Crippen LogP contribution < -0.4 is 11.1 Å². The highest BCUT2D eigenvalue weighted by atomic mass is 16.2. The number of carbonyl (C=O) groups excluding carboxylic acids is 2. The maximum atomic E-state index is 12.1. The molecule has 0 aromatic heterocycles. The Balaban J connectivity index is 2.38. The number of nitrogens with one attached hydrogen (secondary N) is 1. The Morgan fingerprint density at radius 2 is 1.80 bits per heavy atom. The molecule has 3 N–H and O–H groups in total. The topological polar surface area (TPSA) is 75.4 Å². The molecule has 0 radical (unpaired) electrons. The molecule has 5 heteroatoms. The van der Waals surface area contributed by atoms with E-state index in [4.69, 9.17) is 5.73 Å². The summed E-state index contributed by atoms with van der Waals surface area (Å²) in [5.74, 6) is 0.689. The summed E-state index contributed by atoms with van der Waals surface area (Å²) in [6.07, 6.45) is 3.48. The minimum Gasteiger partial charge on any atom is -0.345 e. The summed E-state index contributed by atoms with van der Waals surface area (Å²) in [6, 6.07) is -0.432. The molecule has 5 nitrogen and oxygen atoms in total. The van der Waals surface area contributed by atoms with Crippen molar-refractivity contribution in [3.05, 3.63) is 0 Å². The van der Waals surface area contributed by atoms with Gasteiger partial charge in [-0.3, -0.25) is 9.59 Å². The van der Waals surface area contributed by atoms with Gasteiger partial charge in [-0.05, 0) is 44.6 Å². The van der Waals surface area contributed by atoms with Crippen LogP contribution in [0.3, 0.4) is 0 Å². The first-order valence-electron chi connectivity index (χ1n) is 7.72. The highest BCUT2D eigenvalue weighted by molar-refractivity contribution is 5.87. The first kappa shape index (κ1) is 17.0. The van der Waals surface area contributed by atoms with Gasteiger partial charge in [0.05, 0.1) is 0 Å². The zero-order valence-electron chi connectivity index (χ0n) is 13.0. The summed E-state index contributed by atoms with van der Waals surface area (Å²) in [5, 5.41) is 2.81. The molecule has 0 aromatic carbocycles. The minimum atomic E-state index is -0.432. The number of carbonyl (C=O) groups is 2. The fraction of sp³-hybridized carbons (Fsp3) is 0.867. The summed E-state index contributed by atoms with van der Waals surface area (Å²) < 4.78 is 0. The average Bonchev–Trinajstić information content (AvgIpc) is 2.89. The van der Waals surface area contributed by atoms with Gasteiger partial charge in [0.2, 0.25) is 11.8 Å². The number of likely N-dealkylation sites (tertiary alicyclic amines) is 1. The van der Waals surface area contributed by atoms with Crippen molar-refractivity contribution in [2.24, 2.45) is 17.6 Å². The summed E-state index contributed by atoms with van der Waals surface area (Å²) in [7, 11) is 0.